The number of ketones is 2. The van der Waals surface area contributed by atoms with Crippen molar-refractivity contribution in [2.45, 2.75) is 30.8 Å². The van der Waals surface area contributed by atoms with E-state index in [1.165, 1.54) is 0 Å². The lowest BCUT2D eigenvalue weighted by molar-refractivity contribution is 0.0359. The molecule has 1 heterocycles. The van der Waals surface area contributed by atoms with Gasteiger partial charge in [0.25, 0.3) is 0 Å². The summed E-state index contributed by atoms with van der Waals surface area (Å²) in [5.74, 6) is 0.478. The Hall–Kier alpha value is -3.20. The van der Waals surface area contributed by atoms with E-state index in [1.807, 2.05) is 78.9 Å². The van der Waals surface area contributed by atoms with Crippen molar-refractivity contribution < 1.29 is 14.3 Å². The molecule has 28 heavy (non-hydrogen) atoms. The molecule has 0 aromatic heterocycles. The van der Waals surface area contributed by atoms with Gasteiger partial charge in [-0.25, -0.2) is 0 Å². The van der Waals surface area contributed by atoms with E-state index in [9.17, 15) is 9.59 Å². The fourth-order valence-electron chi connectivity index (χ4n) is 4.63. The summed E-state index contributed by atoms with van der Waals surface area (Å²) >= 11 is 0. The first-order valence-electron chi connectivity index (χ1n) is 9.68. The van der Waals surface area contributed by atoms with Crippen molar-refractivity contribution >= 4 is 11.6 Å². The molecule has 2 aliphatic rings. The average Bonchev–Trinajstić information content (AvgIpc) is 3.06. The molecule has 1 spiro atoms. The van der Waals surface area contributed by atoms with Crippen LogP contribution in [-0.2, 0) is 6.42 Å². The Balaban J connectivity index is 1.58. The minimum Gasteiger partial charge on any atom is -0.478 e. The maximum Gasteiger partial charge on any atom is 0.207 e. The maximum atomic E-state index is 13.6. The third-order valence-electron chi connectivity index (χ3n) is 6.05. The number of rotatable bonds is 3. The third-order valence-corrected chi connectivity index (χ3v) is 6.05. The average molecular weight is 368 g/mol. The van der Waals surface area contributed by atoms with Gasteiger partial charge in [0.05, 0.1) is 0 Å². The van der Waals surface area contributed by atoms with Gasteiger partial charge < -0.3 is 4.74 Å². The highest BCUT2D eigenvalue weighted by atomic mass is 16.5. The largest absolute Gasteiger partial charge is 0.478 e. The van der Waals surface area contributed by atoms with Crippen molar-refractivity contribution in [3.05, 3.63) is 101 Å². The highest BCUT2D eigenvalue weighted by Gasteiger charge is 2.56. The van der Waals surface area contributed by atoms with Crippen molar-refractivity contribution in [1.29, 1.82) is 0 Å². The molecule has 5 rings (SSSR count). The molecule has 2 atom stereocenters. The first-order chi connectivity index (χ1) is 13.7. The van der Waals surface area contributed by atoms with Crippen LogP contribution in [0, 0.1) is 0 Å². The molecule has 0 saturated heterocycles. The van der Waals surface area contributed by atoms with E-state index in [-0.39, 0.29) is 23.9 Å². The molecule has 0 fully saturated rings. The lowest BCUT2D eigenvalue weighted by atomic mass is 9.69. The predicted molar refractivity (Wildman–Crippen MR) is 107 cm³/mol. The van der Waals surface area contributed by atoms with Crippen molar-refractivity contribution in [2.24, 2.45) is 0 Å². The third kappa shape index (κ3) is 2.50. The first-order valence-corrected chi connectivity index (χ1v) is 9.68. The van der Waals surface area contributed by atoms with Gasteiger partial charge in [0, 0.05) is 29.0 Å². The molecule has 0 N–H and O–H groups in total. The number of carbonyl (C=O) groups excluding carboxylic acids is 2. The maximum absolute atomic E-state index is 13.6. The van der Waals surface area contributed by atoms with Gasteiger partial charge in [-0.3, -0.25) is 9.59 Å². The fraction of sp³-hybridized carbons (Fsp3) is 0.200. The smallest absolute Gasteiger partial charge is 0.207 e. The fourth-order valence-corrected chi connectivity index (χ4v) is 4.63. The summed E-state index contributed by atoms with van der Waals surface area (Å²) < 4.78 is 6.35. The van der Waals surface area contributed by atoms with E-state index in [0.717, 1.165) is 28.9 Å². The molecule has 3 heteroatoms. The molecule has 1 aliphatic carbocycles. The monoisotopic (exact) mass is 368 g/mol. The van der Waals surface area contributed by atoms with E-state index >= 15 is 0 Å². The van der Waals surface area contributed by atoms with Crippen molar-refractivity contribution in [3.63, 3.8) is 0 Å². The Bertz CT molecular complexity index is 1070. The Labute approximate surface area is 164 Å². The second-order valence-corrected chi connectivity index (χ2v) is 7.56. The molecule has 3 aromatic rings. The van der Waals surface area contributed by atoms with Gasteiger partial charge in [-0.1, -0.05) is 72.8 Å². The number of aryl methyl sites for hydroxylation is 1. The molecule has 1 aliphatic heterocycles. The quantitative estimate of drug-likeness (QED) is 0.611. The Kier molecular flexibility index (Phi) is 3.90. The van der Waals surface area contributed by atoms with Crippen LogP contribution in [0.3, 0.4) is 0 Å². The molecule has 2 unspecified atom stereocenters. The van der Waals surface area contributed by atoms with Crippen LogP contribution < -0.4 is 4.74 Å². The number of hydrogen-bond donors (Lipinski definition) is 0. The van der Waals surface area contributed by atoms with E-state index in [2.05, 4.69) is 0 Å². The van der Waals surface area contributed by atoms with Gasteiger partial charge in [-0.05, 0) is 24.5 Å². The summed E-state index contributed by atoms with van der Waals surface area (Å²) in [6.07, 6.45) is 1.62. The summed E-state index contributed by atoms with van der Waals surface area (Å²) in [7, 11) is 0. The van der Waals surface area contributed by atoms with Crippen LogP contribution in [0.15, 0.2) is 78.9 Å². The Morgan fingerprint density at radius 3 is 2.50 bits per heavy atom. The zero-order valence-electron chi connectivity index (χ0n) is 15.4. The standard InChI is InChI=1S/C25H20O3/c26-22(18-9-2-1-3-10-18)16-21-20-12-6-7-13-23(20)28-25(21)15-14-17-8-4-5-11-19(17)24(25)27/h1-13,21H,14-16H2. The van der Waals surface area contributed by atoms with Crippen LogP contribution in [0.5, 0.6) is 5.75 Å². The lowest BCUT2D eigenvalue weighted by Gasteiger charge is -2.37. The molecule has 3 aromatic carbocycles. The number of Topliss-reactive ketones (excluding diaryl/α,β-unsaturated/α-hetero) is 2. The van der Waals surface area contributed by atoms with Crippen LogP contribution in [0.2, 0.25) is 0 Å². The molecule has 0 radical (unpaired) electrons. The topological polar surface area (TPSA) is 43.4 Å². The number of benzene rings is 3. The second-order valence-electron chi connectivity index (χ2n) is 7.56. The van der Waals surface area contributed by atoms with Crippen LogP contribution in [0.25, 0.3) is 0 Å². The summed E-state index contributed by atoms with van der Waals surface area (Å²) in [5, 5.41) is 0. The lowest BCUT2D eigenvalue weighted by Crippen LogP contribution is -2.50. The Morgan fingerprint density at radius 2 is 1.64 bits per heavy atom. The molecule has 138 valence electrons. The van der Waals surface area contributed by atoms with Crippen molar-refractivity contribution in [2.75, 3.05) is 0 Å². The summed E-state index contributed by atoms with van der Waals surface area (Å²) in [4.78, 5) is 26.6. The van der Waals surface area contributed by atoms with E-state index in [0.29, 0.717) is 12.0 Å². The summed E-state index contributed by atoms with van der Waals surface area (Å²) in [6.45, 7) is 0. The number of para-hydroxylation sites is 1. The molecule has 3 nitrogen and oxygen atoms in total. The van der Waals surface area contributed by atoms with Crippen molar-refractivity contribution in [1.82, 2.24) is 0 Å². The van der Waals surface area contributed by atoms with Crippen LogP contribution in [0.4, 0.5) is 0 Å². The van der Waals surface area contributed by atoms with Crippen molar-refractivity contribution in [3.8, 4) is 5.75 Å². The molecule has 0 bridgehead atoms. The van der Waals surface area contributed by atoms with Crippen LogP contribution in [-0.4, -0.2) is 17.2 Å². The summed E-state index contributed by atoms with van der Waals surface area (Å²) in [6, 6.07) is 24.8. The van der Waals surface area contributed by atoms with E-state index in [4.69, 9.17) is 4.74 Å². The molecular weight excluding hydrogens is 348 g/mol. The van der Waals surface area contributed by atoms with Gasteiger partial charge in [0.2, 0.25) is 5.78 Å². The van der Waals surface area contributed by atoms with Crippen LogP contribution >= 0.6 is 0 Å². The van der Waals surface area contributed by atoms with Gasteiger partial charge in [0.1, 0.15) is 5.75 Å². The second kappa shape index (κ2) is 6.45. The molecular formula is C25H20O3. The highest BCUT2D eigenvalue weighted by Crippen LogP contribution is 2.52. The minimum atomic E-state index is -0.998. The van der Waals surface area contributed by atoms with E-state index < -0.39 is 5.60 Å². The number of ether oxygens (including phenoxy) is 1. The van der Waals surface area contributed by atoms with Gasteiger partial charge in [-0.15, -0.1) is 0 Å². The SMILES string of the molecule is O=C(CC1c2ccccc2OC12CCc1ccccc1C2=O)c1ccccc1. The normalized spacial score (nSPS) is 22.4. The van der Waals surface area contributed by atoms with Gasteiger partial charge in [-0.2, -0.15) is 0 Å². The number of hydrogen-bond acceptors (Lipinski definition) is 3. The molecule has 0 amide bonds. The predicted octanol–water partition coefficient (Wildman–Crippen LogP) is 5.00. The highest BCUT2D eigenvalue weighted by molar-refractivity contribution is 6.07. The zero-order chi connectivity index (χ0) is 19.1. The van der Waals surface area contributed by atoms with Crippen LogP contribution in [0.1, 0.15) is 50.6 Å². The van der Waals surface area contributed by atoms with Gasteiger partial charge in [0.15, 0.2) is 11.4 Å². The number of carbonyl (C=O) groups is 2. The van der Waals surface area contributed by atoms with E-state index in [1.54, 1.807) is 0 Å². The van der Waals surface area contributed by atoms with Gasteiger partial charge >= 0.3 is 0 Å². The molecule has 0 saturated carbocycles. The number of fused-ring (bicyclic) bond motifs is 2. The summed E-state index contributed by atoms with van der Waals surface area (Å²) in [5.41, 5.74) is 2.41. The minimum absolute atomic E-state index is 0.00332. The first kappa shape index (κ1) is 16.9. The Morgan fingerprint density at radius 1 is 0.929 bits per heavy atom. The zero-order valence-corrected chi connectivity index (χ0v) is 15.4.